The number of aromatic nitrogens is 4. The zero-order valence-electron chi connectivity index (χ0n) is 18.1. The standard InChI is InChI=1S/C24H25N5O2/c1-15(2)22-13-21(24-27-26-17(4)31-24)28-29(22)20-10-6-9-19(12-20)23(30)25-14-18-8-5-7-16(3)11-18/h5-13,15H,14H2,1-4H3,(H,25,30). The normalized spacial score (nSPS) is 11.1. The summed E-state index contributed by atoms with van der Waals surface area (Å²) in [5.74, 6) is 0.951. The molecule has 7 heteroatoms. The summed E-state index contributed by atoms with van der Waals surface area (Å²) in [6, 6.07) is 17.5. The molecular formula is C24H25N5O2. The highest BCUT2D eigenvalue weighted by Crippen LogP contribution is 2.26. The van der Waals surface area contributed by atoms with Crippen LogP contribution in [0.2, 0.25) is 0 Å². The predicted octanol–water partition coefficient (Wildman–Crippen LogP) is 4.59. The minimum Gasteiger partial charge on any atom is -0.420 e. The molecule has 1 amide bonds. The molecule has 0 aliphatic carbocycles. The second kappa shape index (κ2) is 8.55. The molecule has 0 radical (unpaired) electrons. The SMILES string of the molecule is Cc1cccc(CNC(=O)c2cccc(-n3nc(-c4nnc(C)o4)cc3C(C)C)c2)c1. The highest BCUT2D eigenvalue weighted by Gasteiger charge is 2.18. The molecule has 2 aromatic carbocycles. The van der Waals surface area contributed by atoms with Gasteiger partial charge >= 0.3 is 0 Å². The van der Waals surface area contributed by atoms with Crippen LogP contribution < -0.4 is 5.32 Å². The zero-order valence-corrected chi connectivity index (χ0v) is 18.1. The molecule has 4 rings (SSSR count). The van der Waals surface area contributed by atoms with Crippen molar-refractivity contribution in [2.24, 2.45) is 0 Å². The van der Waals surface area contributed by atoms with Crippen molar-refractivity contribution < 1.29 is 9.21 Å². The Balaban J connectivity index is 1.60. The van der Waals surface area contributed by atoms with Gasteiger partial charge in [0.15, 0.2) is 0 Å². The predicted molar refractivity (Wildman–Crippen MR) is 118 cm³/mol. The van der Waals surface area contributed by atoms with Crippen molar-refractivity contribution in [3.63, 3.8) is 0 Å². The fourth-order valence-electron chi connectivity index (χ4n) is 3.40. The molecule has 0 aliphatic rings. The van der Waals surface area contributed by atoms with Crippen molar-refractivity contribution in [2.45, 2.75) is 40.2 Å². The molecule has 7 nitrogen and oxygen atoms in total. The van der Waals surface area contributed by atoms with Gasteiger partial charge in [-0.2, -0.15) is 5.10 Å². The number of benzene rings is 2. The summed E-state index contributed by atoms with van der Waals surface area (Å²) in [5.41, 5.74) is 5.21. The molecule has 31 heavy (non-hydrogen) atoms. The van der Waals surface area contributed by atoms with Crippen LogP contribution in [0.25, 0.3) is 17.3 Å². The summed E-state index contributed by atoms with van der Waals surface area (Å²) in [5, 5.41) is 15.6. The third-order valence-corrected chi connectivity index (χ3v) is 4.96. The van der Waals surface area contributed by atoms with E-state index in [0.29, 0.717) is 29.6 Å². The Morgan fingerprint density at radius 1 is 1.06 bits per heavy atom. The first kappa shape index (κ1) is 20.5. The fourth-order valence-corrected chi connectivity index (χ4v) is 3.40. The third kappa shape index (κ3) is 4.55. The number of hydrogen-bond donors (Lipinski definition) is 1. The van der Waals surface area contributed by atoms with E-state index < -0.39 is 0 Å². The van der Waals surface area contributed by atoms with Crippen LogP contribution in [-0.4, -0.2) is 25.9 Å². The van der Waals surface area contributed by atoms with Crippen molar-refractivity contribution in [1.82, 2.24) is 25.3 Å². The molecule has 4 aromatic rings. The van der Waals surface area contributed by atoms with E-state index in [-0.39, 0.29) is 11.8 Å². The third-order valence-electron chi connectivity index (χ3n) is 4.96. The first-order valence-electron chi connectivity index (χ1n) is 10.3. The van der Waals surface area contributed by atoms with E-state index in [1.807, 2.05) is 54.1 Å². The summed E-state index contributed by atoms with van der Waals surface area (Å²) < 4.78 is 7.37. The summed E-state index contributed by atoms with van der Waals surface area (Å²) in [4.78, 5) is 12.8. The van der Waals surface area contributed by atoms with Crippen molar-refractivity contribution >= 4 is 5.91 Å². The molecule has 0 aliphatic heterocycles. The van der Waals surface area contributed by atoms with Gasteiger partial charge in [-0.15, -0.1) is 10.2 Å². The average molecular weight is 415 g/mol. The molecule has 2 heterocycles. The van der Waals surface area contributed by atoms with Crippen LogP contribution in [0.3, 0.4) is 0 Å². The van der Waals surface area contributed by atoms with Gasteiger partial charge in [0.2, 0.25) is 5.89 Å². The van der Waals surface area contributed by atoms with Gasteiger partial charge in [-0.05, 0) is 42.7 Å². The van der Waals surface area contributed by atoms with E-state index in [0.717, 1.165) is 16.9 Å². The largest absolute Gasteiger partial charge is 0.420 e. The zero-order chi connectivity index (χ0) is 22.0. The first-order valence-corrected chi connectivity index (χ1v) is 10.3. The summed E-state index contributed by atoms with van der Waals surface area (Å²) >= 11 is 0. The maximum atomic E-state index is 12.8. The van der Waals surface area contributed by atoms with Gasteiger partial charge in [-0.3, -0.25) is 4.79 Å². The van der Waals surface area contributed by atoms with Gasteiger partial charge in [-0.1, -0.05) is 49.7 Å². The van der Waals surface area contributed by atoms with E-state index in [2.05, 4.69) is 40.5 Å². The number of rotatable bonds is 6. The van der Waals surface area contributed by atoms with Crippen LogP contribution in [-0.2, 0) is 6.54 Å². The van der Waals surface area contributed by atoms with Gasteiger partial charge in [-0.25, -0.2) is 4.68 Å². The van der Waals surface area contributed by atoms with Gasteiger partial charge in [0.25, 0.3) is 11.8 Å². The van der Waals surface area contributed by atoms with Crippen LogP contribution in [0, 0.1) is 13.8 Å². The average Bonchev–Trinajstić information content (AvgIpc) is 3.39. The van der Waals surface area contributed by atoms with Crippen LogP contribution in [0.1, 0.15) is 52.8 Å². The molecule has 0 atom stereocenters. The minimum absolute atomic E-state index is 0.130. The lowest BCUT2D eigenvalue weighted by molar-refractivity contribution is 0.0951. The van der Waals surface area contributed by atoms with Crippen LogP contribution in [0.4, 0.5) is 0 Å². The van der Waals surface area contributed by atoms with Gasteiger partial charge in [0.1, 0.15) is 5.69 Å². The molecule has 0 unspecified atom stereocenters. The Morgan fingerprint density at radius 3 is 2.58 bits per heavy atom. The van der Waals surface area contributed by atoms with Crippen LogP contribution in [0.5, 0.6) is 0 Å². The molecule has 0 saturated carbocycles. The van der Waals surface area contributed by atoms with E-state index >= 15 is 0 Å². The molecule has 2 aromatic heterocycles. The Kier molecular flexibility index (Phi) is 5.66. The van der Waals surface area contributed by atoms with Crippen LogP contribution >= 0.6 is 0 Å². The summed E-state index contributed by atoms with van der Waals surface area (Å²) in [6.45, 7) is 8.44. The number of amides is 1. The van der Waals surface area contributed by atoms with Gasteiger partial charge in [0, 0.05) is 24.7 Å². The van der Waals surface area contributed by atoms with Crippen LogP contribution in [0.15, 0.2) is 59.0 Å². The second-order valence-electron chi connectivity index (χ2n) is 7.87. The molecule has 0 spiro atoms. The number of carbonyl (C=O) groups excluding carboxylic acids is 1. The Hall–Kier alpha value is -3.74. The lowest BCUT2D eigenvalue weighted by atomic mass is 10.1. The Bertz CT molecular complexity index is 1220. The molecule has 0 saturated heterocycles. The molecule has 0 bridgehead atoms. The maximum Gasteiger partial charge on any atom is 0.268 e. The number of nitrogens with zero attached hydrogens (tertiary/aromatic N) is 4. The number of hydrogen-bond acceptors (Lipinski definition) is 5. The minimum atomic E-state index is -0.130. The van der Waals surface area contributed by atoms with Crippen molar-refractivity contribution in [2.75, 3.05) is 0 Å². The Labute approximate surface area is 181 Å². The van der Waals surface area contributed by atoms with Crippen molar-refractivity contribution in [1.29, 1.82) is 0 Å². The number of nitrogens with one attached hydrogen (secondary N) is 1. The van der Waals surface area contributed by atoms with E-state index in [4.69, 9.17) is 4.42 Å². The maximum absolute atomic E-state index is 12.8. The van der Waals surface area contributed by atoms with Crippen molar-refractivity contribution in [3.05, 3.63) is 82.9 Å². The highest BCUT2D eigenvalue weighted by atomic mass is 16.4. The fraction of sp³-hybridized carbons (Fsp3) is 0.250. The highest BCUT2D eigenvalue weighted by molar-refractivity contribution is 5.94. The number of carbonyl (C=O) groups is 1. The quantitative estimate of drug-likeness (QED) is 0.498. The van der Waals surface area contributed by atoms with E-state index in [9.17, 15) is 4.79 Å². The summed E-state index contributed by atoms with van der Waals surface area (Å²) in [7, 11) is 0. The number of aryl methyl sites for hydroxylation is 2. The Morgan fingerprint density at radius 2 is 1.87 bits per heavy atom. The van der Waals surface area contributed by atoms with Crippen molar-refractivity contribution in [3.8, 4) is 17.3 Å². The smallest absolute Gasteiger partial charge is 0.268 e. The van der Waals surface area contributed by atoms with E-state index in [1.165, 1.54) is 5.56 Å². The molecular weight excluding hydrogens is 390 g/mol. The first-order chi connectivity index (χ1) is 14.9. The monoisotopic (exact) mass is 415 g/mol. The van der Waals surface area contributed by atoms with Gasteiger partial charge in [0.05, 0.1) is 5.69 Å². The molecule has 1 N–H and O–H groups in total. The lowest BCUT2D eigenvalue weighted by Gasteiger charge is -2.11. The lowest BCUT2D eigenvalue weighted by Crippen LogP contribution is -2.23. The summed E-state index contributed by atoms with van der Waals surface area (Å²) in [6.07, 6.45) is 0. The topological polar surface area (TPSA) is 85.8 Å². The molecule has 0 fully saturated rings. The second-order valence-corrected chi connectivity index (χ2v) is 7.87. The molecule has 158 valence electrons. The van der Waals surface area contributed by atoms with Gasteiger partial charge < -0.3 is 9.73 Å². The van der Waals surface area contributed by atoms with E-state index in [1.54, 1.807) is 13.0 Å².